The van der Waals surface area contributed by atoms with Crippen LogP contribution in [-0.2, 0) is 7.05 Å². The Balaban J connectivity index is 1.92. The van der Waals surface area contributed by atoms with Crippen LogP contribution in [0.25, 0.3) is 34.2 Å². The number of pyridine rings is 3. The number of aromatic nitrogens is 3. The summed E-state index contributed by atoms with van der Waals surface area (Å²) < 4.78 is 30.1. The zero-order chi connectivity index (χ0) is 21.6. The van der Waals surface area contributed by atoms with E-state index in [-0.39, 0.29) is 11.3 Å². The quantitative estimate of drug-likeness (QED) is 0.668. The molecule has 1 aliphatic rings. The first-order valence-electron chi connectivity index (χ1n) is 10.0. The van der Waals surface area contributed by atoms with E-state index in [1.165, 1.54) is 28.5 Å². The number of nitrogens with zero attached hydrogens (tertiary/aromatic N) is 3. The van der Waals surface area contributed by atoms with E-state index in [9.17, 15) is 13.6 Å². The van der Waals surface area contributed by atoms with E-state index < -0.39 is 11.6 Å². The Kier molecular flexibility index (Phi) is 5.10. The van der Waals surface area contributed by atoms with Gasteiger partial charge in [-0.3, -0.25) is 14.8 Å². The molecular formula is C24H23F2N3O. The van der Waals surface area contributed by atoms with Crippen LogP contribution in [0.4, 0.5) is 8.78 Å². The van der Waals surface area contributed by atoms with Crippen LogP contribution in [0, 0.1) is 24.5 Å². The topological polar surface area (TPSA) is 47.8 Å². The fourth-order valence-electron chi connectivity index (χ4n) is 4.15. The molecule has 154 valence electrons. The van der Waals surface area contributed by atoms with E-state index >= 15 is 0 Å². The highest BCUT2D eigenvalue weighted by atomic mass is 19.1. The maximum absolute atomic E-state index is 15.0. The van der Waals surface area contributed by atoms with Gasteiger partial charge in [-0.1, -0.05) is 25.5 Å². The molecule has 1 aliphatic carbocycles. The average molecular weight is 407 g/mol. The van der Waals surface area contributed by atoms with Crippen molar-refractivity contribution in [1.29, 1.82) is 0 Å². The molecule has 0 bridgehead atoms. The summed E-state index contributed by atoms with van der Waals surface area (Å²) in [4.78, 5) is 21.2. The van der Waals surface area contributed by atoms with Crippen molar-refractivity contribution in [3.05, 3.63) is 68.7 Å². The largest absolute Gasteiger partial charge is 0.311 e. The SMILES string of the molecule is CCC1=c2cc(-c3cnc(-c4cc(F)cnc4C)c(F)c3)n(C)c(=O)c2=CC(C)C1. The van der Waals surface area contributed by atoms with Crippen LogP contribution in [0.5, 0.6) is 0 Å². The third-order valence-electron chi connectivity index (χ3n) is 5.74. The van der Waals surface area contributed by atoms with Gasteiger partial charge in [-0.2, -0.15) is 0 Å². The van der Waals surface area contributed by atoms with Gasteiger partial charge in [0.2, 0.25) is 0 Å². The molecule has 4 nitrogen and oxygen atoms in total. The molecule has 30 heavy (non-hydrogen) atoms. The van der Waals surface area contributed by atoms with E-state index in [0.29, 0.717) is 33.7 Å². The lowest BCUT2D eigenvalue weighted by atomic mass is 9.91. The van der Waals surface area contributed by atoms with Gasteiger partial charge in [0.15, 0.2) is 0 Å². The van der Waals surface area contributed by atoms with Crippen LogP contribution < -0.4 is 16.0 Å². The first-order valence-corrected chi connectivity index (χ1v) is 10.0. The number of halogens is 2. The highest BCUT2D eigenvalue weighted by Crippen LogP contribution is 2.27. The molecule has 0 N–H and O–H groups in total. The highest BCUT2D eigenvalue weighted by Gasteiger charge is 2.17. The van der Waals surface area contributed by atoms with Gasteiger partial charge in [0.25, 0.3) is 5.56 Å². The number of fused-ring (bicyclic) bond motifs is 1. The summed E-state index contributed by atoms with van der Waals surface area (Å²) in [5.74, 6) is -0.827. The van der Waals surface area contributed by atoms with Crippen molar-refractivity contribution in [3.8, 4) is 22.5 Å². The van der Waals surface area contributed by atoms with Gasteiger partial charge in [-0.05, 0) is 49.1 Å². The van der Waals surface area contributed by atoms with E-state index in [2.05, 4.69) is 23.8 Å². The normalized spacial score (nSPS) is 15.7. The maximum atomic E-state index is 15.0. The first-order chi connectivity index (χ1) is 14.3. The van der Waals surface area contributed by atoms with Crippen LogP contribution >= 0.6 is 0 Å². The van der Waals surface area contributed by atoms with Gasteiger partial charge in [0, 0.05) is 35.3 Å². The monoisotopic (exact) mass is 407 g/mol. The Morgan fingerprint density at radius 1 is 1.17 bits per heavy atom. The van der Waals surface area contributed by atoms with Crippen LogP contribution in [0.1, 0.15) is 32.4 Å². The summed E-state index contributed by atoms with van der Waals surface area (Å²) in [5.41, 5.74) is 3.05. The Bertz CT molecular complexity index is 1340. The summed E-state index contributed by atoms with van der Waals surface area (Å²) in [6, 6.07) is 4.51. The van der Waals surface area contributed by atoms with Crippen LogP contribution in [0.15, 0.2) is 35.4 Å². The van der Waals surface area contributed by atoms with Gasteiger partial charge in [-0.15, -0.1) is 0 Å². The second-order valence-electron chi connectivity index (χ2n) is 7.87. The minimum absolute atomic E-state index is 0.0363. The third kappa shape index (κ3) is 3.36. The van der Waals surface area contributed by atoms with Crippen LogP contribution in [0.3, 0.4) is 0 Å². The number of aryl methyl sites for hydroxylation is 1. The molecule has 0 aliphatic heterocycles. The minimum Gasteiger partial charge on any atom is -0.311 e. The molecule has 1 unspecified atom stereocenters. The molecule has 0 saturated heterocycles. The molecule has 3 aromatic rings. The van der Waals surface area contributed by atoms with E-state index in [1.54, 1.807) is 14.0 Å². The summed E-state index contributed by atoms with van der Waals surface area (Å²) in [6.07, 6.45) is 6.39. The molecule has 4 rings (SSSR count). The van der Waals surface area contributed by atoms with Gasteiger partial charge >= 0.3 is 0 Å². The Morgan fingerprint density at radius 2 is 1.93 bits per heavy atom. The number of hydrogen-bond acceptors (Lipinski definition) is 3. The Hall–Kier alpha value is -3.15. The van der Waals surface area contributed by atoms with Crippen LogP contribution in [-0.4, -0.2) is 14.5 Å². The fraction of sp³-hybridized carbons (Fsp3) is 0.292. The lowest BCUT2D eigenvalue weighted by Crippen LogP contribution is -2.47. The molecule has 3 aromatic heterocycles. The molecule has 6 heteroatoms. The predicted octanol–water partition coefficient (Wildman–Crippen LogP) is 3.48. The lowest BCUT2D eigenvalue weighted by molar-refractivity contribution is 0.616. The smallest absolute Gasteiger partial charge is 0.258 e. The van der Waals surface area contributed by atoms with E-state index in [0.717, 1.165) is 24.3 Å². The highest BCUT2D eigenvalue weighted by molar-refractivity contribution is 5.67. The molecule has 0 amide bonds. The summed E-state index contributed by atoms with van der Waals surface area (Å²) >= 11 is 0. The number of rotatable bonds is 3. The molecule has 0 saturated carbocycles. The van der Waals surface area contributed by atoms with Crippen molar-refractivity contribution in [2.75, 3.05) is 0 Å². The second kappa shape index (κ2) is 7.59. The molecule has 0 radical (unpaired) electrons. The summed E-state index contributed by atoms with van der Waals surface area (Å²) in [6.45, 7) is 5.86. The van der Waals surface area contributed by atoms with Crippen molar-refractivity contribution in [2.24, 2.45) is 13.0 Å². The molecular weight excluding hydrogens is 384 g/mol. The van der Waals surface area contributed by atoms with Gasteiger partial charge < -0.3 is 4.57 Å². The van der Waals surface area contributed by atoms with E-state index in [4.69, 9.17) is 0 Å². The zero-order valence-corrected chi connectivity index (χ0v) is 17.5. The van der Waals surface area contributed by atoms with Crippen molar-refractivity contribution in [1.82, 2.24) is 14.5 Å². The molecule has 1 atom stereocenters. The summed E-state index contributed by atoms with van der Waals surface area (Å²) in [5, 5.41) is 1.65. The molecule has 3 heterocycles. The number of hydrogen-bond donors (Lipinski definition) is 0. The van der Waals surface area contributed by atoms with Gasteiger partial charge in [-0.25, -0.2) is 8.78 Å². The van der Waals surface area contributed by atoms with Crippen molar-refractivity contribution in [3.63, 3.8) is 0 Å². The lowest BCUT2D eigenvalue weighted by Gasteiger charge is -2.17. The predicted molar refractivity (Wildman–Crippen MR) is 114 cm³/mol. The fourth-order valence-corrected chi connectivity index (χ4v) is 4.15. The molecule has 0 fully saturated rings. The Morgan fingerprint density at radius 3 is 2.63 bits per heavy atom. The van der Waals surface area contributed by atoms with Crippen molar-refractivity contribution < 1.29 is 8.78 Å². The van der Waals surface area contributed by atoms with Crippen molar-refractivity contribution in [2.45, 2.75) is 33.6 Å². The average Bonchev–Trinajstić information content (AvgIpc) is 2.72. The Labute approximate surface area is 173 Å². The van der Waals surface area contributed by atoms with E-state index in [1.807, 2.05) is 12.1 Å². The first kappa shape index (κ1) is 20.1. The minimum atomic E-state index is -0.590. The molecule has 0 aromatic carbocycles. The molecule has 0 spiro atoms. The summed E-state index contributed by atoms with van der Waals surface area (Å²) in [7, 11) is 1.68. The third-order valence-corrected chi connectivity index (χ3v) is 5.74. The van der Waals surface area contributed by atoms with Gasteiger partial charge in [0.05, 0.1) is 11.9 Å². The maximum Gasteiger partial charge on any atom is 0.258 e. The second-order valence-corrected chi connectivity index (χ2v) is 7.87. The van der Waals surface area contributed by atoms with Gasteiger partial charge in [0.1, 0.15) is 17.3 Å². The zero-order valence-electron chi connectivity index (χ0n) is 17.5. The standard InChI is InChI=1S/C24H23F2N3O/c1-5-15-6-13(2)7-20-19(15)10-22(29(4)24(20)30)16-8-21(26)23(28-11-16)18-9-17(25)12-27-14(18)3/h7-13H,5-6H2,1-4H3. The van der Waals surface area contributed by atoms with Crippen LogP contribution in [0.2, 0.25) is 0 Å². The van der Waals surface area contributed by atoms with Crippen molar-refractivity contribution >= 4 is 11.6 Å².